The van der Waals surface area contributed by atoms with Crippen LogP contribution in [0.2, 0.25) is 0 Å². The fraction of sp³-hybridized carbons (Fsp3) is 0.276. The molecule has 0 radical (unpaired) electrons. The Bertz CT molecular complexity index is 1290. The van der Waals surface area contributed by atoms with Gasteiger partial charge in [0.05, 0.1) is 11.6 Å². The standard InChI is InChI=1S/C29H29N3O3/c1-19-6-7-20(2)24(18-19)27(33)25-26(21-12-14-30-15-13-21)32(29(35)28(25)34)23-10-8-22(9-11-23)31-16-4-3-5-17-31/h6-15,18,26,33H,3-5,16-17H2,1-2H3/b27-25+. The summed E-state index contributed by atoms with van der Waals surface area (Å²) in [6, 6.07) is 16.3. The van der Waals surface area contributed by atoms with Crippen molar-refractivity contribution in [2.24, 2.45) is 0 Å². The van der Waals surface area contributed by atoms with E-state index in [4.69, 9.17) is 0 Å². The molecule has 2 fully saturated rings. The van der Waals surface area contributed by atoms with Gasteiger partial charge in [-0.3, -0.25) is 19.5 Å². The Kier molecular flexibility index (Phi) is 6.12. The third-order valence-electron chi connectivity index (χ3n) is 6.96. The molecule has 178 valence electrons. The van der Waals surface area contributed by atoms with E-state index < -0.39 is 17.7 Å². The summed E-state index contributed by atoms with van der Waals surface area (Å²) in [6.07, 6.45) is 6.87. The van der Waals surface area contributed by atoms with Crippen LogP contribution in [0.1, 0.15) is 47.6 Å². The van der Waals surface area contributed by atoms with Crippen LogP contribution < -0.4 is 9.80 Å². The summed E-state index contributed by atoms with van der Waals surface area (Å²) in [6.45, 7) is 5.86. The molecule has 5 rings (SSSR count). The third-order valence-corrected chi connectivity index (χ3v) is 6.96. The number of benzene rings is 2. The highest BCUT2D eigenvalue weighted by molar-refractivity contribution is 6.51. The molecule has 0 aliphatic carbocycles. The van der Waals surface area contributed by atoms with E-state index in [2.05, 4.69) is 9.88 Å². The van der Waals surface area contributed by atoms with Gasteiger partial charge in [0.25, 0.3) is 11.7 Å². The quantitative estimate of drug-likeness (QED) is 0.320. The number of Topliss-reactive ketones (excluding diaryl/α,β-unsaturated/α-hetero) is 1. The summed E-state index contributed by atoms with van der Waals surface area (Å²) in [5.74, 6) is -1.49. The number of amides is 1. The van der Waals surface area contributed by atoms with E-state index in [-0.39, 0.29) is 11.3 Å². The normalized spacial score (nSPS) is 19.9. The number of rotatable bonds is 4. The van der Waals surface area contributed by atoms with Crippen molar-refractivity contribution in [3.05, 3.63) is 94.8 Å². The minimum atomic E-state index is -0.751. The molecule has 2 aliphatic rings. The van der Waals surface area contributed by atoms with Gasteiger partial charge in [0, 0.05) is 42.4 Å². The first-order valence-electron chi connectivity index (χ1n) is 12.1. The number of hydrogen-bond donors (Lipinski definition) is 1. The van der Waals surface area contributed by atoms with Crippen molar-refractivity contribution in [1.29, 1.82) is 0 Å². The number of pyridine rings is 1. The summed E-state index contributed by atoms with van der Waals surface area (Å²) >= 11 is 0. The molecule has 1 amide bonds. The summed E-state index contributed by atoms with van der Waals surface area (Å²) in [4.78, 5) is 34.7. The van der Waals surface area contributed by atoms with Crippen LogP contribution in [0.3, 0.4) is 0 Å². The zero-order valence-electron chi connectivity index (χ0n) is 20.1. The van der Waals surface area contributed by atoms with Crippen molar-refractivity contribution >= 4 is 28.8 Å². The largest absolute Gasteiger partial charge is 0.507 e. The van der Waals surface area contributed by atoms with E-state index >= 15 is 0 Å². The Morgan fingerprint density at radius 1 is 0.886 bits per heavy atom. The maximum atomic E-state index is 13.4. The van der Waals surface area contributed by atoms with E-state index in [0.29, 0.717) is 16.8 Å². The Morgan fingerprint density at radius 2 is 1.54 bits per heavy atom. The zero-order valence-corrected chi connectivity index (χ0v) is 20.1. The number of aromatic nitrogens is 1. The molecule has 2 aliphatic heterocycles. The van der Waals surface area contributed by atoms with E-state index in [1.54, 1.807) is 24.5 Å². The third kappa shape index (κ3) is 4.20. The highest BCUT2D eigenvalue weighted by atomic mass is 16.3. The summed E-state index contributed by atoms with van der Waals surface area (Å²) in [7, 11) is 0. The zero-order chi connectivity index (χ0) is 24.5. The molecule has 1 atom stereocenters. The second-order valence-electron chi connectivity index (χ2n) is 9.33. The van der Waals surface area contributed by atoms with Crippen LogP contribution in [-0.4, -0.2) is 34.9 Å². The smallest absolute Gasteiger partial charge is 0.300 e. The highest BCUT2D eigenvalue weighted by Gasteiger charge is 2.47. The van der Waals surface area contributed by atoms with Crippen molar-refractivity contribution in [2.45, 2.75) is 39.2 Å². The maximum Gasteiger partial charge on any atom is 0.300 e. The highest BCUT2D eigenvalue weighted by Crippen LogP contribution is 2.42. The van der Waals surface area contributed by atoms with Gasteiger partial charge in [-0.2, -0.15) is 0 Å². The molecule has 1 aromatic heterocycles. The molecular weight excluding hydrogens is 438 g/mol. The second-order valence-corrected chi connectivity index (χ2v) is 9.33. The monoisotopic (exact) mass is 467 g/mol. The van der Waals surface area contributed by atoms with Gasteiger partial charge in [-0.05, 0) is 86.7 Å². The van der Waals surface area contributed by atoms with Gasteiger partial charge < -0.3 is 10.0 Å². The molecule has 2 aromatic carbocycles. The number of aliphatic hydroxyl groups excluding tert-OH is 1. The Hall–Kier alpha value is -3.93. The van der Waals surface area contributed by atoms with Gasteiger partial charge in [0.1, 0.15) is 5.76 Å². The van der Waals surface area contributed by atoms with E-state index in [1.807, 2.05) is 56.3 Å². The van der Waals surface area contributed by atoms with E-state index in [0.717, 1.165) is 29.9 Å². The molecule has 0 saturated carbocycles. The van der Waals surface area contributed by atoms with Crippen LogP contribution in [0.15, 0.2) is 72.6 Å². The van der Waals surface area contributed by atoms with Gasteiger partial charge in [-0.1, -0.05) is 17.7 Å². The lowest BCUT2D eigenvalue weighted by Gasteiger charge is -2.30. The van der Waals surface area contributed by atoms with Gasteiger partial charge >= 0.3 is 0 Å². The predicted octanol–water partition coefficient (Wildman–Crippen LogP) is 5.32. The summed E-state index contributed by atoms with van der Waals surface area (Å²) in [5.41, 5.74) is 4.89. The molecule has 3 heterocycles. The summed E-state index contributed by atoms with van der Waals surface area (Å²) < 4.78 is 0. The number of ketones is 1. The first kappa shape index (κ1) is 22.8. The molecule has 1 N–H and O–H groups in total. The van der Waals surface area contributed by atoms with Crippen LogP contribution in [0.4, 0.5) is 11.4 Å². The molecule has 0 bridgehead atoms. The maximum absolute atomic E-state index is 13.4. The average molecular weight is 468 g/mol. The topological polar surface area (TPSA) is 73.7 Å². The first-order valence-corrected chi connectivity index (χ1v) is 12.1. The number of aryl methyl sites for hydroxylation is 2. The minimum absolute atomic E-state index is 0.0926. The summed E-state index contributed by atoms with van der Waals surface area (Å²) in [5, 5.41) is 11.4. The Morgan fingerprint density at radius 3 is 2.23 bits per heavy atom. The van der Waals surface area contributed by atoms with Crippen molar-refractivity contribution in [3.63, 3.8) is 0 Å². The fourth-order valence-electron chi connectivity index (χ4n) is 5.07. The van der Waals surface area contributed by atoms with Gasteiger partial charge in [0.15, 0.2) is 0 Å². The number of carbonyl (C=O) groups excluding carboxylic acids is 2. The minimum Gasteiger partial charge on any atom is -0.507 e. The number of piperidine rings is 1. The predicted molar refractivity (Wildman–Crippen MR) is 137 cm³/mol. The number of hydrogen-bond acceptors (Lipinski definition) is 5. The first-order chi connectivity index (χ1) is 17.0. The molecule has 35 heavy (non-hydrogen) atoms. The Balaban J connectivity index is 1.62. The number of nitrogens with zero attached hydrogens (tertiary/aromatic N) is 3. The Labute approximate surface area is 205 Å². The molecule has 6 nitrogen and oxygen atoms in total. The van der Waals surface area contributed by atoms with E-state index in [9.17, 15) is 14.7 Å². The van der Waals surface area contributed by atoms with Crippen molar-refractivity contribution in [3.8, 4) is 0 Å². The molecule has 3 aromatic rings. The van der Waals surface area contributed by atoms with Crippen LogP contribution in [0.25, 0.3) is 5.76 Å². The second kappa shape index (κ2) is 9.37. The van der Waals surface area contributed by atoms with Gasteiger partial charge in [-0.25, -0.2) is 0 Å². The number of anilines is 2. The lowest BCUT2D eigenvalue weighted by atomic mass is 9.93. The van der Waals surface area contributed by atoms with Gasteiger partial charge in [0.2, 0.25) is 0 Å². The fourth-order valence-corrected chi connectivity index (χ4v) is 5.07. The van der Waals surface area contributed by atoms with Crippen LogP contribution in [0.5, 0.6) is 0 Å². The van der Waals surface area contributed by atoms with Crippen LogP contribution in [-0.2, 0) is 9.59 Å². The van der Waals surface area contributed by atoms with E-state index in [1.165, 1.54) is 24.2 Å². The van der Waals surface area contributed by atoms with Crippen molar-refractivity contribution < 1.29 is 14.7 Å². The van der Waals surface area contributed by atoms with Gasteiger partial charge in [-0.15, -0.1) is 0 Å². The van der Waals surface area contributed by atoms with Crippen molar-refractivity contribution in [2.75, 3.05) is 22.9 Å². The molecule has 2 saturated heterocycles. The molecule has 1 unspecified atom stereocenters. The number of carbonyl (C=O) groups is 2. The molecular formula is C29H29N3O3. The van der Waals surface area contributed by atoms with Crippen LogP contribution in [0, 0.1) is 13.8 Å². The van der Waals surface area contributed by atoms with Crippen LogP contribution >= 0.6 is 0 Å². The lowest BCUT2D eigenvalue weighted by Crippen LogP contribution is -2.30. The number of aliphatic hydroxyl groups is 1. The van der Waals surface area contributed by atoms with Crippen molar-refractivity contribution in [1.82, 2.24) is 4.98 Å². The lowest BCUT2D eigenvalue weighted by molar-refractivity contribution is -0.132. The molecule has 0 spiro atoms. The SMILES string of the molecule is Cc1ccc(C)c(/C(O)=C2\C(=O)C(=O)N(c3ccc(N4CCCCC4)cc3)C2c2ccncc2)c1. The average Bonchev–Trinajstić information content (AvgIpc) is 3.16. The molecule has 6 heteroatoms.